The molecule has 0 aliphatic carbocycles. The van der Waals surface area contributed by atoms with E-state index in [1.165, 1.54) is 24.6 Å². The summed E-state index contributed by atoms with van der Waals surface area (Å²) < 4.78 is 0. The normalized spacial score (nSPS) is 19.1. The molecular weight excluding hydrogens is 426 g/mol. The van der Waals surface area contributed by atoms with Crippen LogP contribution in [0.2, 0.25) is 0 Å². The van der Waals surface area contributed by atoms with Gasteiger partial charge in [0.1, 0.15) is 0 Å². The standard InChI is InChI=1S/C24H31N3O6/c1-4-18(25-11-6-5-7-12-25)14-26-15(2)20(23(28)29)22(21(16(26)3)24(30)31)17-9-8-10-19(13-17)27(32)33/h8-10,13,18,22H,4-7,11-12,14H2,1-3H3,(H,28,29)(H,30,31). The zero-order valence-electron chi connectivity index (χ0n) is 19.3. The lowest BCUT2D eigenvalue weighted by Crippen LogP contribution is -2.46. The van der Waals surface area contributed by atoms with Gasteiger partial charge in [0.2, 0.25) is 0 Å². The highest BCUT2D eigenvalue weighted by atomic mass is 16.6. The summed E-state index contributed by atoms with van der Waals surface area (Å²) in [4.78, 5) is 39.7. The summed E-state index contributed by atoms with van der Waals surface area (Å²) in [7, 11) is 0. The Morgan fingerprint density at radius 2 is 1.67 bits per heavy atom. The van der Waals surface area contributed by atoms with Gasteiger partial charge in [-0.25, -0.2) is 9.59 Å². The number of aliphatic carboxylic acids is 2. The van der Waals surface area contributed by atoms with E-state index in [4.69, 9.17) is 0 Å². The molecule has 2 heterocycles. The maximum atomic E-state index is 12.4. The fourth-order valence-corrected chi connectivity index (χ4v) is 5.08. The Labute approximate surface area is 193 Å². The molecule has 1 unspecified atom stereocenters. The molecule has 0 saturated carbocycles. The van der Waals surface area contributed by atoms with E-state index in [1.54, 1.807) is 19.9 Å². The number of nitro groups is 1. The SMILES string of the molecule is CCC(CN1C(C)=C(C(=O)O)C(c2cccc([N+](=O)[O-])c2)C(C(=O)O)=C1C)N1CCCCC1. The molecule has 0 bridgehead atoms. The zero-order valence-corrected chi connectivity index (χ0v) is 19.3. The largest absolute Gasteiger partial charge is 0.478 e. The number of hydrogen-bond donors (Lipinski definition) is 2. The number of piperidine rings is 1. The molecule has 0 radical (unpaired) electrons. The zero-order chi connectivity index (χ0) is 24.3. The summed E-state index contributed by atoms with van der Waals surface area (Å²) in [6.07, 6.45) is 4.30. The van der Waals surface area contributed by atoms with Crippen molar-refractivity contribution in [1.29, 1.82) is 0 Å². The fourth-order valence-electron chi connectivity index (χ4n) is 5.08. The van der Waals surface area contributed by atoms with E-state index >= 15 is 0 Å². The molecule has 0 spiro atoms. The van der Waals surface area contributed by atoms with Gasteiger partial charge in [0.15, 0.2) is 0 Å². The van der Waals surface area contributed by atoms with Crippen molar-refractivity contribution < 1.29 is 24.7 Å². The third-order valence-corrected chi connectivity index (χ3v) is 6.81. The Balaban J connectivity index is 2.11. The summed E-state index contributed by atoms with van der Waals surface area (Å²) in [5, 5.41) is 31.5. The van der Waals surface area contributed by atoms with Crippen LogP contribution in [0.4, 0.5) is 5.69 Å². The Morgan fingerprint density at radius 3 is 2.15 bits per heavy atom. The van der Waals surface area contributed by atoms with Gasteiger partial charge in [-0.1, -0.05) is 25.5 Å². The molecule has 0 aromatic heterocycles. The molecule has 1 saturated heterocycles. The number of rotatable bonds is 8. The molecule has 0 amide bonds. The molecule has 1 atom stereocenters. The van der Waals surface area contributed by atoms with Crippen molar-refractivity contribution in [1.82, 2.24) is 9.80 Å². The number of hydrogen-bond acceptors (Lipinski definition) is 6. The number of likely N-dealkylation sites (tertiary alicyclic amines) is 1. The van der Waals surface area contributed by atoms with Crippen LogP contribution in [0.5, 0.6) is 0 Å². The first-order chi connectivity index (χ1) is 15.7. The van der Waals surface area contributed by atoms with Gasteiger partial charge in [0, 0.05) is 36.1 Å². The van der Waals surface area contributed by atoms with Gasteiger partial charge in [-0.15, -0.1) is 0 Å². The van der Waals surface area contributed by atoms with E-state index in [9.17, 15) is 29.9 Å². The molecule has 3 rings (SSSR count). The van der Waals surface area contributed by atoms with Gasteiger partial charge >= 0.3 is 11.9 Å². The molecule has 1 aromatic carbocycles. The smallest absolute Gasteiger partial charge is 0.334 e. The molecule has 178 valence electrons. The van der Waals surface area contributed by atoms with Crippen molar-refractivity contribution in [3.63, 3.8) is 0 Å². The van der Waals surface area contributed by atoms with Crippen LogP contribution in [-0.2, 0) is 9.59 Å². The lowest BCUT2D eigenvalue weighted by molar-refractivity contribution is -0.384. The van der Waals surface area contributed by atoms with Crippen molar-refractivity contribution in [3.8, 4) is 0 Å². The molecule has 2 aliphatic heterocycles. The monoisotopic (exact) mass is 457 g/mol. The molecule has 1 fully saturated rings. The molecule has 1 aromatic rings. The molecule has 33 heavy (non-hydrogen) atoms. The van der Waals surface area contributed by atoms with Crippen LogP contribution in [0, 0.1) is 10.1 Å². The summed E-state index contributed by atoms with van der Waals surface area (Å²) in [6.45, 7) is 7.92. The Hall–Kier alpha value is -3.20. The van der Waals surface area contributed by atoms with Crippen molar-refractivity contribution in [3.05, 3.63) is 62.5 Å². The summed E-state index contributed by atoms with van der Waals surface area (Å²) in [5.41, 5.74) is 0.879. The Bertz CT molecular complexity index is 971. The molecule has 2 N–H and O–H groups in total. The van der Waals surface area contributed by atoms with Gasteiger partial charge in [-0.2, -0.15) is 0 Å². The second kappa shape index (κ2) is 10.2. The Kier molecular flexibility index (Phi) is 7.53. The maximum absolute atomic E-state index is 12.4. The number of carboxylic acid groups (broad SMARTS) is 2. The maximum Gasteiger partial charge on any atom is 0.334 e. The average Bonchev–Trinajstić information content (AvgIpc) is 2.78. The molecule has 2 aliphatic rings. The van der Waals surface area contributed by atoms with Crippen LogP contribution in [0.3, 0.4) is 0 Å². The van der Waals surface area contributed by atoms with Crippen LogP contribution in [-0.4, -0.2) is 62.6 Å². The highest BCUT2D eigenvalue weighted by molar-refractivity contribution is 5.98. The molecule has 9 heteroatoms. The fraction of sp³-hybridized carbons (Fsp3) is 0.500. The van der Waals surface area contributed by atoms with Gasteiger partial charge < -0.3 is 15.1 Å². The van der Waals surface area contributed by atoms with E-state index < -0.39 is 22.8 Å². The lowest BCUT2D eigenvalue weighted by atomic mass is 9.79. The van der Waals surface area contributed by atoms with E-state index in [1.807, 2.05) is 4.90 Å². The molecular formula is C24H31N3O6. The van der Waals surface area contributed by atoms with Crippen LogP contribution in [0.15, 0.2) is 46.8 Å². The topological polar surface area (TPSA) is 124 Å². The van der Waals surface area contributed by atoms with E-state index in [2.05, 4.69) is 11.8 Å². The highest BCUT2D eigenvalue weighted by Crippen LogP contribution is 2.43. The number of nitrogens with zero attached hydrogens (tertiary/aromatic N) is 3. The predicted molar refractivity (Wildman–Crippen MR) is 123 cm³/mol. The van der Waals surface area contributed by atoms with Crippen molar-refractivity contribution in [2.24, 2.45) is 0 Å². The number of non-ortho nitro benzene ring substituents is 1. The first kappa shape index (κ1) is 24.4. The van der Waals surface area contributed by atoms with Gasteiger partial charge in [0.25, 0.3) is 5.69 Å². The van der Waals surface area contributed by atoms with Crippen molar-refractivity contribution in [2.75, 3.05) is 19.6 Å². The predicted octanol–water partition coefficient (Wildman–Crippen LogP) is 3.98. The minimum absolute atomic E-state index is 0.0630. The van der Waals surface area contributed by atoms with Gasteiger partial charge in [-0.3, -0.25) is 15.0 Å². The first-order valence-electron chi connectivity index (χ1n) is 11.3. The van der Waals surface area contributed by atoms with Crippen LogP contribution >= 0.6 is 0 Å². The highest BCUT2D eigenvalue weighted by Gasteiger charge is 2.40. The number of carboxylic acids is 2. The van der Waals surface area contributed by atoms with Gasteiger partial charge in [-0.05, 0) is 51.8 Å². The number of allylic oxidation sites excluding steroid dienone is 2. The van der Waals surface area contributed by atoms with E-state index in [0.717, 1.165) is 32.4 Å². The lowest BCUT2D eigenvalue weighted by Gasteiger charge is -2.42. The number of benzene rings is 1. The number of carbonyl (C=O) groups is 2. The quantitative estimate of drug-likeness (QED) is 0.444. The van der Waals surface area contributed by atoms with Gasteiger partial charge in [0.05, 0.1) is 22.0 Å². The van der Waals surface area contributed by atoms with E-state index in [-0.39, 0.29) is 28.4 Å². The van der Waals surface area contributed by atoms with E-state index in [0.29, 0.717) is 17.9 Å². The van der Waals surface area contributed by atoms with Crippen molar-refractivity contribution in [2.45, 2.75) is 58.4 Å². The number of nitro benzene ring substituents is 1. The van der Waals surface area contributed by atoms with Crippen LogP contribution in [0.25, 0.3) is 0 Å². The summed E-state index contributed by atoms with van der Waals surface area (Å²) in [5.74, 6) is -3.57. The Morgan fingerprint density at radius 1 is 1.09 bits per heavy atom. The minimum Gasteiger partial charge on any atom is -0.478 e. The second-order valence-corrected chi connectivity index (χ2v) is 8.66. The second-order valence-electron chi connectivity index (χ2n) is 8.66. The third-order valence-electron chi connectivity index (χ3n) is 6.81. The third kappa shape index (κ3) is 4.93. The average molecular weight is 458 g/mol. The minimum atomic E-state index is -1.23. The summed E-state index contributed by atoms with van der Waals surface area (Å²) in [6, 6.07) is 5.72. The first-order valence-corrected chi connectivity index (χ1v) is 11.3. The molecule has 9 nitrogen and oxygen atoms in total. The van der Waals surface area contributed by atoms with Crippen LogP contribution < -0.4 is 0 Å². The summed E-state index contributed by atoms with van der Waals surface area (Å²) >= 11 is 0. The van der Waals surface area contributed by atoms with Crippen molar-refractivity contribution >= 4 is 17.6 Å². The van der Waals surface area contributed by atoms with Crippen LogP contribution in [0.1, 0.15) is 57.9 Å².